The minimum atomic E-state index is -4.35. The first-order valence-electron chi connectivity index (χ1n) is 4.10. The van der Waals surface area contributed by atoms with Gasteiger partial charge < -0.3 is 4.79 Å². The monoisotopic (exact) mass is 232 g/mol. The van der Waals surface area contributed by atoms with E-state index in [2.05, 4.69) is 0 Å². The number of halogens is 1. The van der Waals surface area contributed by atoms with Gasteiger partial charge in [0.1, 0.15) is 17.4 Å². The van der Waals surface area contributed by atoms with Crippen LogP contribution in [0.3, 0.4) is 0 Å². The highest BCUT2D eigenvalue weighted by molar-refractivity contribution is 7.86. The van der Waals surface area contributed by atoms with Gasteiger partial charge in [0.2, 0.25) is 0 Å². The lowest BCUT2D eigenvalue weighted by Crippen LogP contribution is -2.12. The molecule has 0 aromatic heterocycles. The molecule has 6 heteroatoms. The van der Waals surface area contributed by atoms with Crippen molar-refractivity contribution in [3.05, 3.63) is 35.6 Å². The summed E-state index contributed by atoms with van der Waals surface area (Å²) in [6.45, 7) is 0. The molecule has 1 aromatic rings. The molecule has 82 valence electrons. The maximum atomic E-state index is 12.6. The van der Waals surface area contributed by atoms with E-state index in [1.54, 1.807) is 0 Å². The molecule has 0 fully saturated rings. The van der Waals surface area contributed by atoms with Crippen LogP contribution in [0.15, 0.2) is 24.3 Å². The predicted octanol–water partition coefficient (Wildman–Crippen LogP) is 1.34. The Labute approximate surface area is 86.5 Å². The molecule has 0 aliphatic rings. The standard InChI is InChI=1S/C9H9FO4S/c10-8-3-1-7(2-4-8)9(5-6-11)15(12,13)14/h1-4,6,9H,5H2,(H,12,13,14). The van der Waals surface area contributed by atoms with Crippen LogP contribution in [0, 0.1) is 5.82 Å². The average molecular weight is 232 g/mol. The van der Waals surface area contributed by atoms with Crippen molar-refractivity contribution in [3.63, 3.8) is 0 Å². The van der Waals surface area contributed by atoms with E-state index in [1.165, 1.54) is 12.1 Å². The van der Waals surface area contributed by atoms with Gasteiger partial charge in [-0.2, -0.15) is 8.42 Å². The maximum Gasteiger partial charge on any atom is 0.272 e. The number of benzene rings is 1. The van der Waals surface area contributed by atoms with Gasteiger partial charge in [-0.15, -0.1) is 0 Å². The zero-order valence-electron chi connectivity index (χ0n) is 7.63. The van der Waals surface area contributed by atoms with Crippen LogP contribution in [0.4, 0.5) is 4.39 Å². The Bertz CT molecular complexity index is 438. The highest BCUT2D eigenvalue weighted by Gasteiger charge is 2.24. The molecule has 0 heterocycles. The average Bonchev–Trinajstić information content (AvgIpc) is 2.14. The zero-order valence-corrected chi connectivity index (χ0v) is 8.45. The minimum Gasteiger partial charge on any atom is -0.303 e. The van der Waals surface area contributed by atoms with Crippen LogP contribution in [-0.2, 0) is 14.9 Å². The van der Waals surface area contributed by atoms with Crippen molar-refractivity contribution in [2.24, 2.45) is 0 Å². The number of rotatable bonds is 4. The van der Waals surface area contributed by atoms with Crippen molar-refractivity contribution < 1.29 is 22.2 Å². The molecule has 1 rings (SSSR count). The third-order valence-corrected chi connectivity index (χ3v) is 3.10. The lowest BCUT2D eigenvalue weighted by atomic mass is 10.1. The highest BCUT2D eigenvalue weighted by atomic mass is 32.2. The summed E-state index contributed by atoms with van der Waals surface area (Å²) in [6.07, 6.45) is 0.0340. The van der Waals surface area contributed by atoms with Crippen LogP contribution in [0.1, 0.15) is 17.2 Å². The second kappa shape index (κ2) is 4.50. The molecule has 0 radical (unpaired) electrons. The van der Waals surface area contributed by atoms with Crippen LogP contribution >= 0.6 is 0 Å². The van der Waals surface area contributed by atoms with Crippen molar-refractivity contribution in [1.29, 1.82) is 0 Å². The lowest BCUT2D eigenvalue weighted by molar-refractivity contribution is -0.107. The van der Waals surface area contributed by atoms with E-state index in [4.69, 9.17) is 4.55 Å². The van der Waals surface area contributed by atoms with E-state index in [0.29, 0.717) is 6.29 Å². The van der Waals surface area contributed by atoms with Gasteiger partial charge in [-0.25, -0.2) is 4.39 Å². The summed E-state index contributed by atoms with van der Waals surface area (Å²) in [7, 11) is -4.35. The fraction of sp³-hybridized carbons (Fsp3) is 0.222. The van der Waals surface area contributed by atoms with Gasteiger partial charge in [0.15, 0.2) is 0 Å². The highest BCUT2D eigenvalue weighted by Crippen LogP contribution is 2.24. The van der Waals surface area contributed by atoms with Gasteiger partial charge in [0.25, 0.3) is 10.1 Å². The molecule has 0 spiro atoms. The summed E-state index contributed by atoms with van der Waals surface area (Å²) < 4.78 is 43.2. The van der Waals surface area contributed by atoms with Gasteiger partial charge in [0, 0.05) is 6.42 Å². The fourth-order valence-electron chi connectivity index (χ4n) is 1.19. The van der Waals surface area contributed by atoms with Crippen molar-refractivity contribution in [2.75, 3.05) is 0 Å². The molecule has 4 nitrogen and oxygen atoms in total. The number of hydrogen-bond donors (Lipinski definition) is 1. The molecule has 0 aliphatic carbocycles. The number of carbonyl (C=O) groups excluding carboxylic acids is 1. The summed E-state index contributed by atoms with van der Waals surface area (Å²) in [6, 6.07) is 4.57. The molecule has 0 amide bonds. The first kappa shape index (κ1) is 11.8. The third-order valence-electron chi connectivity index (χ3n) is 1.91. The van der Waals surface area contributed by atoms with Gasteiger partial charge in [-0.05, 0) is 17.7 Å². The van der Waals surface area contributed by atoms with E-state index in [0.717, 1.165) is 12.1 Å². The molecular formula is C9H9FO4S. The second-order valence-electron chi connectivity index (χ2n) is 2.96. The fourth-order valence-corrected chi connectivity index (χ4v) is 2.02. The Kier molecular flexibility index (Phi) is 3.54. The van der Waals surface area contributed by atoms with Gasteiger partial charge in [-0.3, -0.25) is 4.55 Å². The predicted molar refractivity (Wildman–Crippen MR) is 51.4 cm³/mol. The van der Waals surface area contributed by atoms with Crippen LogP contribution in [0.5, 0.6) is 0 Å². The number of carbonyl (C=O) groups is 1. The van der Waals surface area contributed by atoms with Crippen molar-refractivity contribution in [2.45, 2.75) is 11.7 Å². The molecule has 15 heavy (non-hydrogen) atoms. The van der Waals surface area contributed by atoms with Crippen molar-refractivity contribution in [1.82, 2.24) is 0 Å². The number of aldehydes is 1. The van der Waals surface area contributed by atoms with E-state index < -0.39 is 21.2 Å². The maximum absolute atomic E-state index is 12.6. The van der Waals surface area contributed by atoms with Crippen LogP contribution < -0.4 is 0 Å². The molecule has 0 saturated heterocycles. The van der Waals surface area contributed by atoms with Gasteiger partial charge >= 0.3 is 0 Å². The third kappa shape index (κ3) is 3.10. The van der Waals surface area contributed by atoms with E-state index in [9.17, 15) is 17.6 Å². The van der Waals surface area contributed by atoms with Gasteiger partial charge in [-0.1, -0.05) is 12.1 Å². The van der Waals surface area contributed by atoms with Crippen LogP contribution in [-0.4, -0.2) is 19.3 Å². The molecular weight excluding hydrogens is 223 g/mol. The molecule has 1 atom stereocenters. The minimum absolute atomic E-state index is 0.186. The summed E-state index contributed by atoms with van der Waals surface area (Å²) in [5.41, 5.74) is 0.186. The molecule has 1 aromatic carbocycles. The van der Waals surface area contributed by atoms with Crippen molar-refractivity contribution in [3.8, 4) is 0 Å². The van der Waals surface area contributed by atoms with Crippen LogP contribution in [0.25, 0.3) is 0 Å². The normalized spacial score (nSPS) is 13.5. The Morgan fingerprint density at radius 1 is 1.33 bits per heavy atom. The Morgan fingerprint density at radius 3 is 2.27 bits per heavy atom. The smallest absolute Gasteiger partial charge is 0.272 e. The first-order chi connectivity index (χ1) is 6.95. The Morgan fingerprint density at radius 2 is 1.87 bits per heavy atom. The molecule has 0 bridgehead atoms. The quantitative estimate of drug-likeness (QED) is 0.628. The largest absolute Gasteiger partial charge is 0.303 e. The lowest BCUT2D eigenvalue weighted by Gasteiger charge is -2.10. The SMILES string of the molecule is O=CCC(c1ccc(F)cc1)S(=O)(=O)O. The Hall–Kier alpha value is -1.27. The van der Waals surface area contributed by atoms with E-state index in [-0.39, 0.29) is 12.0 Å². The summed E-state index contributed by atoms with van der Waals surface area (Å²) in [4.78, 5) is 10.3. The van der Waals surface area contributed by atoms with E-state index in [1.807, 2.05) is 0 Å². The first-order valence-corrected chi connectivity index (χ1v) is 5.61. The summed E-state index contributed by atoms with van der Waals surface area (Å²) >= 11 is 0. The molecule has 0 aliphatic heterocycles. The zero-order chi connectivity index (χ0) is 11.5. The second-order valence-corrected chi connectivity index (χ2v) is 4.56. The summed E-state index contributed by atoms with van der Waals surface area (Å²) in [5.74, 6) is -0.515. The summed E-state index contributed by atoms with van der Waals surface area (Å²) in [5, 5.41) is -1.32. The van der Waals surface area contributed by atoms with E-state index >= 15 is 0 Å². The van der Waals surface area contributed by atoms with Crippen molar-refractivity contribution >= 4 is 16.4 Å². The number of hydrogen-bond acceptors (Lipinski definition) is 3. The van der Waals surface area contributed by atoms with Crippen LogP contribution in [0.2, 0.25) is 0 Å². The van der Waals surface area contributed by atoms with Gasteiger partial charge in [0.05, 0.1) is 0 Å². The Balaban J connectivity index is 3.10. The molecule has 1 N–H and O–H groups in total. The molecule has 0 saturated carbocycles. The topological polar surface area (TPSA) is 71.4 Å². The molecule has 1 unspecified atom stereocenters.